The Morgan fingerprint density at radius 1 is 1.33 bits per heavy atom. The molecule has 1 saturated heterocycles. The van der Waals surface area contributed by atoms with Gasteiger partial charge in [0.25, 0.3) is 0 Å². The molecule has 0 aliphatic carbocycles. The van der Waals surface area contributed by atoms with E-state index in [0.29, 0.717) is 24.7 Å². The monoisotopic (exact) mass is 292 g/mol. The van der Waals surface area contributed by atoms with Gasteiger partial charge in [0, 0.05) is 12.6 Å². The quantitative estimate of drug-likeness (QED) is 0.845. The molecule has 5 nitrogen and oxygen atoms in total. The van der Waals surface area contributed by atoms with Crippen LogP contribution in [-0.4, -0.2) is 32.2 Å². The number of anilines is 1. The maximum Gasteiger partial charge on any atom is 0.228 e. The van der Waals surface area contributed by atoms with Crippen molar-refractivity contribution in [2.75, 3.05) is 31.6 Å². The predicted octanol–water partition coefficient (Wildman–Crippen LogP) is 2.42. The number of hydrogen-bond acceptors (Lipinski definition) is 4. The van der Waals surface area contributed by atoms with E-state index < -0.39 is 0 Å². The molecule has 1 aromatic carbocycles. The molecule has 0 radical (unpaired) electrons. The van der Waals surface area contributed by atoms with Crippen LogP contribution in [0.25, 0.3) is 0 Å². The van der Waals surface area contributed by atoms with E-state index >= 15 is 0 Å². The second-order valence-electron chi connectivity index (χ2n) is 5.06. The molecule has 0 saturated carbocycles. The van der Waals surface area contributed by atoms with E-state index in [4.69, 9.17) is 9.47 Å². The van der Waals surface area contributed by atoms with Crippen molar-refractivity contribution in [1.82, 2.24) is 5.32 Å². The maximum atomic E-state index is 12.3. The molecule has 0 aromatic heterocycles. The summed E-state index contributed by atoms with van der Waals surface area (Å²) in [7, 11) is 0. The number of carbonyl (C=O) groups is 1. The molecule has 1 aliphatic rings. The van der Waals surface area contributed by atoms with E-state index in [1.54, 1.807) is 0 Å². The Kier molecular flexibility index (Phi) is 5.87. The van der Waals surface area contributed by atoms with Gasteiger partial charge in [-0.3, -0.25) is 4.79 Å². The van der Waals surface area contributed by atoms with Gasteiger partial charge in [-0.2, -0.15) is 0 Å². The lowest BCUT2D eigenvalue weighted by molar-refractivity contribution is -0.120. The summed E-state index contributed by atoms with van der Waals surface area (Å²) in [6.07, 6.45) is 1.96. The third kappa shape index (κ3) is 4.36. The highest BCUT2D eigenvalue weighted by molar-refractivity contribution is 5.94. The van der Waals surface area contributed by atoms with Crippen LogP contribution in [0.4, 0.5) is 5.69 Å². The van der Waals surface area contributed by atoms with Crippen LogP contribution in [0.2, 0.25) is 0 Å². The molecule has 0 unspecified atom stereocenters. The van der Waals surface area contributed by atoms with Crippen LogP contribution in [0.3, 0.4) is 0 Å². The third-order valence-corrected chi connectivity index (χ3v) is 3.49. The summed E-state index contributed by atoms with van der Waals surface area (Å²) in [6.45, 7) is 6.74. The summed E-state index contributed by atoms with van der Waals surface area (Å²) in [4.78, 5) is 12.3. The van der Waals surface area contributed by atoms with Crippen molar-refractivity contribution in [3.8, 4) is 11.5 Å². The summed E-state index contributed by atoms with van der Waals surface area (Å²) in [5.41, 5.74) is 0.679. The van der Waals surface area contributed by atoms with Crippen LogP contribution in [0.15, 0.2) is 18.2 Å². The topological polar surface area (TPSA) is 59.6 Å². The largest absolute Gasteiger partial charge is 0.494 e. The Balaban J connectivity index is 2.11. The van der Waals surface area contributed by atoms with Crippen LogP contribution in [-0.2, 0) is 4.79 Å². The molecular weight excluding hydrogens is 268 g/mol. The Morgan fingerprint density at radius 3 is 2.81 bits per heavy atom. The zero-order valence-corrected chi connectivity index (χ0v) is 12.8. The zero-order chi connectivity index (χ0) is 15.1. The average molecular weight is 292 g/mol. The van der Waals surface area contributed by atoms with E-state index in [1.807, 2.05) is 32.0 Å². The van der Waals surface area contributed by atoms with E-state index in [-0.39, 0.29) is 11.8 Å². The van der Waals surface area contributed by atoms with Crippen molar-refractivity contribution < 1.29 is 14.3 Å². The van der Waals surface area contributed by atoms with Gasteiger partial charge in [-0.1, -0.05) is 0 Å². The van der Waals surface area contributed by atoms with Gasteiger partial charge in [-0.15, -0.1) is 0 Å². The lowest BCUT2D eigenvalue weighted by Crippen LogP contribution is -2.37. The van der Waals surface area contributed by atoms with Gasteiger partial charge in [0.15, 0.2) is 0 Å². The minimum absolute atomic E-state index is 0.0176. The summed E-state index contributed by atoms with van der Waals surface area (Å²) < 4.78 is 11.1. The van der Waals surface area contributed by atoms with Gasteiger partial charge in [0.2, 0.25) is 5.91 Å². The number of nitrogens with one attached hydrogen (secondary N) is 2. The zero-order valence-electron chi connectivity index (χ0n) is 12.8. The SMILES string of the molecule is CCOc1ccc(OCC)c(NC(=O)[C@H]2CCCNC2)c1. The standard InChI is InChI=1S/C16H24N2O3/c1-3-20-13-7-8-15(21-4-2)14(10-13)18-16(19)12-6-5-9-17-11-12/h7-8,10,12,17H,3-6,9,11H2,1-2H3,(H,18,19)/t12-/m0/s1. The van der Waals surface area contributed by atoms with Gasteiger partial charge >= 0.3 is 0 Å². The van der Waals surface area contributed by atoms with E-state index in [0.717, 1.165) is 31.7 Å². The Labute approximate surface area is 126 Å². The number of benzene rings is 1. The normalized spacial score (nSPS) is 18.1. The minimum Gasteiger partial charge on any atom is -0.494 e. The van der Waals surface area contributed by atoms with Crippen molar-refractivity contribution >= 4 is 11.6 Å². The van der Waals surface area contributed by atoms with Gasteiger partial charge in [-0.25, -0.2) is 0 Å². The third-order valence-electron chi connectivity index (χ3n) is 3.49. The fraction of sp³-hybridized carbons (Fsp3) is 0.562. The van der Waals surface area contributed by atoms with E-state index in [9.17, 15) is 4.79 Å². The highest BCUT2D eigenvalue weighted by atomic mass is 16.5. The Bertz CT molecular complexity index is 471. The highest BCUT2D eigenvalue weighted by Crippen LogP contribution is 2.30. The highest BCUT2D eigenvalue weighted by Gasteiger charge is 2.22. The first-order chi connectivity index (χ1) is 10.2. The molecule has 0 bridgehead atoms. The van der Waals surface area contributed by atoms with E-state index in [1.165, 1.54) is 0 Å². The number of piperidine rings is 1. The number of hydrogen-bond donors (Lipinski definition) is 2. The molecule has 1 amide bonds. The molecular formula is C16H24N2O3. The van der Waals surface area contributed by atoms with Gasteiger partial charge in [-0.05, 0) is 45.4 Å². The van der Waals surface area contributed by atoms with Crippen molar-refractivity contribution in [2.24, 2.45) is 5.92 Å². The maximum absolute atomic E-state index is 12.3. The lowest BCUT2D eigenvalue weighted by Gasteiger charge is -2.22. The van der Waals surface area contributed by atoms with Crippen LogP contribution in [0.5, 0.6) is 11.5 Å². The molecule has 21 heavy (non-hydrogen) atoms. The van der Waals surface area contributed by atoms with Crippen LogP contribution >= 0.6 is 0 Å². The molecule has 1 aliphatic heterocycles. The number of ether oxygens (including phenoxy) is 2. The summed E-state index contributed by atoms with van der Waals surface area (Å²) in [5.74, 6) is 1.47. The van der Waals surface area contributed by atoms with Gasteiger partial charge in [0.05, 0.1) is 24.8 Å². The molecule has 2 rings (SSSR count). The number of rotatable bonds is 6. The van der Waals surface area contributed by atoms with Gasteiger partial charge < -0.3 is 20.1 Å². The van der Waals surface area contributed by atoms with Crippen molar-refractivity contribution in [1.29, 1.82) is 0 Å². The molecule has 2 N–H and O–H groups in total. The summed E-state index contributed by atoms with van der Waals surface area (Å²) >= 11 is 0. The van der Waals surface area contributed by atoms with Crippen molar-refractivity contribution in [3.63, 3.8) is 0 Å². The van der Waals surface area contributed by atoms with Crippen LogP contribution < -0.4 is 20.1 Å². The van der Waals surface area contributed by atoms with Crippen LogP contribution in [0.1, 0.15) is 26.7 Å². The minimum atomic E-state index is 0.0176. The van der Waals surface area contributed by atoms with Gasteiger partial charge in [0.1, 0.15) is 11.5 Å². The fourth-order valence-electron chi connectivity index (χ4n) is 2.45. The first kappa shape index (κ1) is 15.6. The lowest BCUT2D eigenvalue weighted by atomic mass is 9.99. The number of carbonyl (C=O) groups excluding carboxylic acids is 1. The molecule has 1 atom stereocenters. The molecule has 1 fully saturated rings. The summed E-state index contributed by atoms with van der Waals surface area (Å²) in [6, 6.07) is 5.51. The Morgan fingerprint density at radius 2 is 2.14 bits per heavy atom. The first-order valence-corrected chi connectivity index (χ1v) is 7.65. The average Bonchev–Trinajstić information content (AvgIpc) is 2.51. The predicted molar refractivity (Wildman–Crippen MR) is 83.0 cm³/mol. The summed E-state index contributed by atoms with van der Waals surface area (Å²) in [5, 5.41) is 6.24. The second-order valence-corrected chi connectivity index (χ2v) is 5.06. The molecule has 5 heteroatoms. The van der Waals surface area contributed by atoms with Crippen molar-refractivity contribution in [2.45, 2.75) is 26.7 Å². The first-order valence-electron chi connectivity index (χ1n) is 7.65. The Hall–Kier alpha value is -1.75. The number of amides is 1. The molecule has 1 aromatic rings. The van der Waals surface area contributed by atoms with Crippen molar-refractivity contribution in [3.05, 3.63) is 18.2 Å². The smallest absolute Gasteiger partial charge is 0.228 e. The second kappa shape index (κ2) is 7.88. The van der Waals surface area contributed by atoms with Crippen LogP contribution in [0, 0.1) is 5.92 Å². The molecule has 0 spiro atoms. The van der Waals surface area contributed by atoms with E-state index in [2.05, 4.69) is 10.6 Å². The molecule has 1 heterocycles. The molecule has 116 valence electrons. The fourth-order valence-corrected chi connectivity index (χ4v) is 2.45.